The van der Waals surface area contributed by atoms with Gasteiger partial charge in [-0.15, -0.1) is 0 Å². The van der Waals surface area contributed by atoms with Crippen molar-refractivity contribution >= 4 is 41.0 Å². The van der Waals surface area contributed by atoms with E-state index in [2.05, 4.69) is 16.3 Å². The lowest BCUT2D eigenvalue weighted by Crippen LogP contribution is -2.61. The predicted octanol–water partition coefficient (Wildman–Crippen LogP) is 5.34. The highest BCUT2D eigenvalue weighted by Gasteiger charge is 2.54. The number of ether oxygens (including phenoxy) is 2. The molecular formula is C31H36Cl2N2O5. The van der Waals surface area contributed by atoms with Crippen molar-refractivity contribution in [2.45, 2.75) is 69.9 Å². The Bertz CT molecular complexity index is 1280. The Morgan fingerprint density at radius 1 is 1.05 bits per heavy atom. The summed E-state index contributed by atoms with van der Waals surface area (Å²) in [6.45, 7) is 5.63. The molecule has 40 heavy (non-hydrogen) atoms. The van der Waals surface area contributed by atoms with Crippen molar-refractivity contribution in [3.8, 4) is 5.75 Å². The van der Waals surface area contributed by atoms with Crippen LogP contribution < -0.4 is 10.1 Å². The number of halogens is 2. The van der Waals surface area contributed by atoms with Crippen LogP contribution in [0.2, 0.25) is 10.0 Å². The highest BCUT2D eigenvalue weighted by atomic mass is 35.5. The first kappa shape index (κ1) is 28.9. The third kappa shape index (κ3) is 6.81. The highest BCUT2D eigenvalue weighted by Crippen LogP contribution is 2.51. The molecule has 3 fully saturated rings. The van der Waals surface area contributed by atoms with Crippen LogP contribution in [0.5, 0.6) is 5.75 Å². The van der Waals surface area contributed by atoms with E-state index in [1.54, 1.807) is 24.3 Å². The van der Waals surface area contributed by atoms with E-state index >= 15 is 0 Å². The van der Waals surface area contributed by atoms with Gasteiger partial charge in [0.1, 0.15) is 11.9 Å². The van der Waals surface area contributed by atoms with Crippen LogP contribution in [0.3, 0.4) is 0 Å². The van der Waals surface area contributed by atoms with Crippen LogP contribution in [0.1, 0.15) is 57.1 Å². The molecule has 9 heteroatoms. The quantitative estimate of drug-likeness (QED) is 0.332. The molecule has 1 aliphatic heterocycles. The van der Waals surface area contributed by atoms with Gasteiger partial charge in [0.25, 0.3) is 0 Å². The van der Waals surface area contributed by atoms with Gasteiger partial charge in [0.05, 0.1) is 16.5 Å². The number of amides is 1. The van der Waals surface area contributed by atoms with Crippen molar-refractivity contribution in [3.63, 3.8) is 0 Å². The standard InChI is InChI=1S/C31H36Cl2N2O5/c1-19(36)39-25-5-3-4-23(14-25)31-10-11-35(17-21-6-7-21)18-26(31)29(40-20(2)37)15-24(16-31)34-30(38)13-22-8-9-27(32)28(33)12-22/h3-5,8-9,12,14,21,24,26,29H,6-7,10-11,13,15-18H2,1-2H3,(H,34,38)/t24-,26?,29?,31?/m1/s1. The molecule has 1 heterocycles. The summed E-state index contributed by atoms with van der Waals surface area (Å²) in [5.74, 6) is 0.462. The lowest BCUT2D eigenvalue weighted by Gasteiger charge is -2.55. The SMILES string of the molecule is CC(=O)Oc1cccc(C23CCN(CC4CC4)CC2C(OC(C)=O)C[C@@H](NC(=O)Cc2ccc(Cl)c(Cl)c2)C3)c1. The lowest BCUT2D eigenvalue weighted by atomic mass is 9.57. The zero-order valence-corrected chi connectivity index (χ0v) is 24.5. The summed E-state index contributed by atoms with van der Waals surface area (Å²) >= 11 is 12.2. The van der Waals surface area contributed by atoms with Gasteiger partial charge in [-0.2, -0.15) is 0 Å². The fraction of sp³-hybridized carbons (Fsp3) is 0.516. The molecule has 214 valence electrons. The van der Waals surface area contributed by atoms with Crippen molar-refractivity contribution in [1.29, 1.82) is 0 Å². The summed E-state index contributed by atoms with van der Waals surface area (Å²) in [7, 11) is 0. The van der Waals surface area contributed by atoms with Gasteiger partial charge in [-0.1, -0.05) is 41.4 Å². The topological polar surface area (TPSA) is 84.9 Å². The number of nitrogens with one attached hydrogen (secondary N) is 1. The Morgan fingerprint density at radius 2 is 1.85 bits per heavy atom. The number of benzene rings is 2. The normalized spacial score (nSPS) is 26.4. The Kier molecular flexibility index (Phi) is 8.74. The molecule has 1 amide bonds. The monoisotopic (exact) mass is 586 g/mol. The smallest absolute Gasteiger partial charge is 0.308 e. The molecule has 0 bridgehead atoms. The third-order valence-corrected chi connectivity index (χ3v) is 9.27. The molecule has 1 saturated heterocycles. The van der Waals surface area contributed by atoms with Crippen molar-refractivity contribution in [2.75, 3.05) is 19.6 Å². The molecule has 0 aromatic heterocycles. The largest absolute Gasteiger partial charge is 0.462 e. The molecule has 0 radical (unpaired) electrons. The van der Waals surface area contributed by atoms with E-state index < -0.39 is 0 Å². The summed E-state index contributed by atoms with van der Waals surface area (Å²) in [5, 5.41) is 4.08. The van der Waals surface area contributed by atoms with E-state index in [-0.39, 0.29) is 47.7 Å². The highest BCUT2D eigenvalue weighted by molar-refractivity contribution is 6.42. The maximum absolute atomic E-state index is 13.2. The van der Waals surface area contributed by atoms with Crippen LogP contribution in [0.25, 0.3) is 0 Å². The number of fused-ring (bicyclic) bond motifs is 1. The molecule has 0 spiro atoms. The van der Waals surface area contributed by atoms with Gasteiger partial charge in [-0.05, 0) is 73.5 Å². The Labute approximate surface area is 245 Å². The molecule has 2 aliphatic carbocycles. The fourth-order valence-electron chi connectivity index (χ4n) is 6.69. The number of hydrogen-bond donors (Lipinski definition) is 1. The first-order chi connectivity index (χ1) is 19.1. The molecule has 2 saturated carbocycles. The van der Waals surface area contributed by atoms with Crippen molar-refractivity contribution < 1.29 is 23.9 Å². The molecule has 2 aromatic carbocycles. The average Bonchev–Trinajstić information content (AvgIpc) is 3.70. The van der Waals surface area contributed by atoms with Gasteiger partial charge in [0.15, 0.2) is 0 Å². The van der Waals surface area contributed by atoms with Crippen LogP contribution in [0.4, 0.5) is 0 Å². The molecule has 7 nitrogen and oxygen atoms in total. The van der Waals surface area contributed by atoms with Gasteiger partial charge in [0, 0.05) is 50.7 Å². The lowest BCUT2D eigenvalue weighted by molar-refractivity contribution is -0.157. The van der Waals surface area contributed by atoms with Crippen molar-refractivity contribution in [2.24, 2.45) is 11.8 Å². The number of esters is 2. The van der Waals surface area contributed by atoms with E-state index in [4.69, 9.17) is 32.7 Å². The summed E-state index contributed by atoms with van der Waals surface area (Å²) < 4.78 is 11.4. The number of carbonyl (C=O) groups excluding carboxylic acids is 3. The van der Waals surface area contributed by atoms with E-state index in [1.165, 1.54) is 26.7 Å². The van der Waals surface area contributed by atoms with Crippen LogP contribution in [-0.4, -0.2) is 54.5 Å². The second-order valence-electron chi connectivity index (χ2n) is 11.6. The Morgan fingerprint density at radius 3 is 2.55 bits per heavy atom. The van der Waals surface area contributed by atoms with Crippen LogP contribution in [-0.2, 0) is 31.0 Å². The molecule has 1 N–H and O–H groups in total. The maximum Gasteiger partial charge on any atom is 0.308 e. The van der Waals surface area contributed by atoms with Gasteiger partial charge in [-0.25, -0.2) is 0 Å². The number of hydrogen-bond acceptors (Lipinski definition) is 6. The third-order valence-electron chi connectivity index (χ3n) is 8.53. The van der Waals surface area contributed by atoms with Crippen molar-refractivity contribution in [3.05, 3.63) is 63.6 Å². The van der Waals surface area contributed by atoms with Gasteiger partial charge in [-0.3, -0.25) is 14.4 Å². The minimum atomic E-state index is -0.376. The van der Waals surface area contributed by atoms with E-state index in [1.807, 2.05) is 12.1 Å². The summed E-state index contributed by atoms with van der Waals surface area (Å²) in [6.07, 6.45) is 4.45. The summed E-state index contributed by atoms with van der Waals surface area (Å²) in [6, 6.07) is 12.7. The number of carbonyl (C=O) groups is 3. The summed E-state index contributed by atoms with van der Waals surface area (Å²) in [4.78, 5) is 39.7. The second kappa shape index (κ2) is 12.1. The number of piperidine rings is 1. The predicted molar refractivity (Wildman–Crippen MR) is 154 cm³/mol. The van der Waals surface area contributed by atoms with Crippen molar-refractivity contribution in [1.82, 2.24) is 10.2 Å². The second-order valence-corrected chi connectivity index (χ2v) is 12.4. The average molecular weight is 588 g/mol. The Balaban J connectivity index is 1.44. The summed E-state index contributed by atoms with van der Waals surface area (Å²) in [5.41, 5.74) is 1.45. The van der Waals surface area contributed by atoms with Gasteiger partial charge >= 0.3 is 11.9 Å². The van der Waals surface area contributed by atoms with Crippen LogP contribution in [0.15, 0.2) is 42.5 Å². The van der Waals surface area contributed by atoms with Gasteiger partial charge < -0.3 is 19.7 Å². The molecule has 2 aromatic rings. The Hall–Kier alpha value is -2.61. The van der Waals surface area contributed by atoms with Crippen LogP contribution in [0, 0.1) is 11.8 Å². The zero-order chi connectivity index (χ0) is 28.4. The molecule has 3 aliphatic rings. The van der Waals surface area contributed by atoms with E-state index in [0.29, 0.717) is 28.6 Å². The number of likely N-dealkylation sites (tertiary alicyclic amines) is 1. The minimum absolute atomic E-state index is 0.0414. The minimum Gasteiger partial charge on any atom is -0.462 e. The maximum atomic E-state index is 13.2. The number of nitrogens with zero attached hydrogens (tertiary/aromatic N) is 1. The van der Waals surface area contributed by atoms with E-state index in [9.17, 15) is 14.4 Å². The van der Waals surface area contributed by atoms with E-state index in [0.717, 1.165) is 43.1 Å². The molecular weight excluding hydrogens is 551 g/mol. The fourth-order valence-corrected chi connectivity index (χ4v) is 7.01. The first-order valence-electron chi connectivity index (χ1n) is 14.0. The number of rotatable bonds is 8. The van der Waals surface area contributed by atoms with Crippen LogP contribution >= 0.6 is 23.2 Å². The molecule has 4 atom stereocenters. The molecule has 3 unspecified atom stereocenters. The van der Waals surface area contributed by atoms with Gasteiger partial charge in [0.2, 0.25) is 5.91 Å². The first-order valence-corrected chi connectivity index (χ1v) is 14.8. The zero-order valence-electron chi connectivity index (χ0n) is 23.0. The molecule has 5 rings (SSSR count).